The Labute approximate surface area is 208 Å². The molecule has 0 aliphatic heterocycles. The molecular weight excluding hydrogens is 446 g/mol. The van der Waals surface area contributed by atoms with Crippen LogP contribution in [0.25, 0.3) is 11.1 Å². The number of halogens is 3. The molecular formula is C31H35ClF2. The molecule has 0 saturated heterocycles. The van der Waals surface area contributed by atoms with E-state index in [9.17, 15) is 8.78 Å². The van der Waals surface area contributed by atoms with Crippen molar-refractivity contribution in [3.63, 3.8) is 0 Å². The van der Waals surface area contributed by atoms with E-state index >= 15 is 0 Å². The summed E-state index contributed by atoms with van der Waals surface area (Å²) in [5.74, 6) is 0.745. The van der Waals surface area contributed by atoms with Gasteiger partial charge in [0.1, 0.15) is 11.6 Å². The second-order valence-electron chi connectivity index (χ2n) is 9.97. The zero-order valence-electron chi connectivity index (χ0n) is 20.1. The van der Waals surface area contributed by atoms with Crippen LogP contribution in [-0.4, -0.2) is 0 Å². The van der Waals surface area contributed by atoms with Crippen molar-refractivity contribution in [3.05, 3.63) is 94.0 Å². The van der Waals surface area contributed by atoms with Crippen LogP contribution in [0.1, 0.15) is 68.6 Å². The molecule has 4 rings (SSSR count). The highest BCUT2D eigenvalue weighted by Crippen LogP contribution is 2.34. The van der Waals surface area contributed by atoms with E-state index in [0.29, 0.717) is 11.1 Å². The molecule has 0 unspecified atom stereocenters. The minimum Gasteiger partial charge on any atom is -0.206 e. The summed E-state index contributed by atoms with van der Waals surface area (Å²) < 4.78 is 28.5. The van der Waals surface area contributed by atoms with Gasteiger partial charge in [-0.25, -0.2) is 8.78 Å². The Morgan fingerprint density at radius 3 is 1.79 bits per heavy atom. The van der Waals surface area contributed by atoms with E-state index in [0.717, 1.165) is 30.2 Å². The largest absolute Gasteiger partial charge is 0.206 e. The van der Waals surface area contributed by atoms with Crippen molar-refractivity contribution < 1.29 is 8.78 Å². The Morgan fingerprint density at radius 2 is 1.24 bits per heavy atom. The second kappa shape index (κ2) is 12.0. The average Bonchev–Trinajstić information content (AvgIpc) is 2.85. The summed E-state index contributed by atoms with van der Waals surface area (Å²) in [6.07, 6.45) is 12.0. The Hall–Kier alpha value is -2.19. The molecule has 0 amide bonds. The fourth-order valence-corrected chi connectivity index (χ4v) is 5.44. The van der Waals surface area contributed by atoms with Crippen molar-refractivity contribution in [2.24, 2.45) is 11.8 Å². The maximum absolute atomic E-state index is 14.7. The third-order valence-electron chi connectivity index (χ3n) is 7.47. The summed E-state index contributed by atoms with van der Waals surface area (Å²) in [6.45, 7) is 2.23. The van der Waals surface area contributed by atoms with E-state index < -0.39 is 5.82 Å². The summed E-state index contributed by atoms with van der Waals surface area (Å²) in [5.41, 5.74) is 4.86. The maximum Gasteiger partial charge on any atom is 0.142 e. The number of hydrogen-bond donors (Lipinski definition) is 0. The lowest BCUT2D eigenvalue weighted by molar-refractivity contribution is 0.253. The van der Waals surface area contributed by atoms with Crippen molar-refractivity contribution in [2.75, 3.05) is 0 Å². The first-order valence-corrected chi connectivity index (χ1v) is 13.2. The van der Waals surface area contributed by atoms with Crippen LogP contribution >= 0.6 is 11.6 Å². The molecule has 1 aliphatic rings. The first-order chi connectivity index (χ1) is 16.5. The minimum absolute atomic E-state index is 0.0524. The lowest BCUT2D eigenvalue weighted by atomic mass is 9.77. The van der Waals surface area contributed by atoms with Crippen LogP contribution in [0.4, 0.5) is 8.78 Å². The van der Waals surface area contributed by atoms with Crippen LogP contribution in [0.3, 0.4) is 0 Å². The van der Waals surface area contributed by atoms with Crippen molar-refractivity contribution in [1.82, 2.24) is 0 Å². The van der Waals surface area contributed by atoms with Gasteiger partial charge in [0.25, 0.3) is 0 Å². The van der Waals surface area contributed by atoms with Gasteiger partial charge in [0, 0.05) is 5.56 Å². The molecule has 0 N–H and O–H groups in total. The van der Waals surface area contributed by atoms with Gasteiger partial charge >= 0.3 is 0 Å². The second-order valence-corrected chi connectivity index (χ2v) is 10.4. The van der Waals surface area contributed by atoms with Gasteiger partial charge in [0.15, 0.2) is 0 Å². The molecule has 3 aromatic rings. The molecule has 0 spiro atoms. The molecule has 3 heteroatoms. The first-order valence-electron chi connectivity index (χ1n) is 12.8. The van der Waals surface area contributed by atoms with E-state index in [4.69, 9.17) is 11.6 Å². The highest BCUT2D eigenvalue weighted by molar-refractivity contribution is 6.30. The van der Waals surface area contributed by atoms with Gasteiger partial charge in [-0.2, -0.15) is 0 Å². The summed E-state index contributed by atoms with van der Waals surface area (Å²) in [6, 6.07) is 19.0. The zero-order chi connectivity index (χ0) is 23.9. The SMILES string of the molecule is CCCc1ccc(CC[C@H]2CC[C@H](CCc3ccc(-c4ccc(Cl)c(F)c4)c(F)c3)CC2)cc1. The first kappa shape index (κ1) is 24.9. The summed E-state index contributed by atoms with van der Waals surface area (Å²) in [4.78, 5) is 0. The summed E-state index contributed by atoms with van der Waals surface area (Å²) in [5, 5.41) is 0.0524. The standard InChI is InChI=1S/C31H35ClF2/c1-2-3-22-4-6-23(7-5-22)8-9-24-10-12-25(13-11-24)14-15-26-16-18-28(30(33)20-26)27-17-19-29(32)31(34)21-27/h4-7,16-21,24-25H,2-3,8-15H2,1H3/t24-,25-. The van der Waals surface area contributed by atoms with Crippen LogP contribution in [0.15, 0.2) is 60.7 Å². The van der Waals surface area contributed by atoms with Crippen LogP contribution in [-0.2, 0) is 19.3 Å². The molecule has 0 heterocycles. The average molecular weight is 481 g/mol. The normalized spacial score (nSPS) is 18.2. The van der Waals surface area contributed by atoms with E-state index in [1.807, 2.05) is 6.07 Å². The Bertz CT molecular complexity index is 1070. The topological polar surface area (TPSA) is 0 Å². The van der Waals surface area contributed by atoms with Gasteiger partial charge in [0.2, 0.25) is 0 Å². The Kier molecular flexibility index (Phi) is 8.78. The lowest BCUT2D eigenvalue weighted by Gasteiger charge is -2.28. The molecule has 34 heavy (non-hydrogen) atoms. The van der Waals surface area contributed by atoms with Gasteiger partial charge in [0.05, 0.1) is 5.02 Å². The van der Waals surface area contributed by atoms with Crippen molar-refractivity contribution in [1.29, 1.82) is 0 Å². The van der Waals surface area contributed by atoms with Gasteiger partial charge < -0.3 is 0 Å². The third kappa shape index (κ3) is 6.69. The van der Waals surface area contributed by atoms with Crippen LogP contribution < -0.4 is 0 Å². The third-order valence-corrected chi connectivity index (χ3v) is 7.78. The molecule has 0 aromatic heterocycles. The molecule has 0 radical (unpaired) electrons. The number of rotatable bonds is 9. The number of hydrogen-bond acceptors (Lipinski definition) is 0. The van der Waals surface area contributed by atoms with E-state index in [1.54, 1.807) is 18.2 Å². The fourth-order valence-electron chi connectivity index (χ4n) is 5.32. The van der Waals surface area contributed by atoms with Gasteiger partial charge in [-0.1, -0.05) is 93.1 Å². The number of benzene rings is 3. The molecule has 0 atom stereocenters. The van der Waals surface area contributed by atoms with Crippen LogP contribution in [0.5, 0.6) is 0 Å². The van der Waals surface area contributed by atoms with Crippen molar-refractivity contribution >= 4 is 11.6 Å². The molecule has 1 aliphatic carbocycles. The molecule has 1 saturated carbocycles. The quantitative estimate of drug-likeness (QED) is 0.286. The highest BCUT2D eigenvalue weighted by Gasteiger charge is 2.21. The fraction of sp³-hybridized carbons (Fsp3) is 0.419. The van der Waals surface area contributed by atoms with Gasteiger partial charge in [-0.15, -0.1) is 0 Å². The zero-order valence-corrected chi connectivity index (χ0v) is 20.9. The van der Waals surface area contributed by atoms with Gasteiger partial charge in [-0.3, -0.25) is 0 Å². The Balaban J connectivity index is 1.21. The molecule has 0 bridgehead atoms. The van der Waals surface area contributed by atoms with Crippen molar-refractivity contribution in [2.45, 2.75) is 71.1 Å². The highest BCUT2D eigenvalue weighted by atomic mass is 35.5. The molecule has 1 fully saturated rings. The van der Waals surface area contributed by atoms with E-state index in [1.165, 1.54) is 74.6 Å². The van der Waals surface area contributed by atoms with Crippen LogP contribution in [0.2, 0.25) is 5.02 Å². The van der Waals surface area contributed by atoms with Gasteiger partial charge in [-0.05, 0) is 84.4 Å². The van der Waals surface area contributed by atoms with Crippen LogP contribution in [0, 0.1) is 23.5 Å². The van der Waals surface area contributed by atoms with Crippen molar-refractivity contribution in [3.8, 4) is 11.1 Å². The summed E-state index contributed by atoms with van der Waals surface area (Å²) >= 11 is 5.75. The lowest BCUT2D eigenvalue weighted by Crippen LogP contribution is -2.15. The van der Waals surface area contributed by atoms with E-state index in [-0.39, 0.29) is 10.8 Å². The number of aryl methyl sites for hydroxylation is 3. The predicted octanol–water partition coefficient (Wildman–Crippen LogP) is 9.61. The molecule has 0 nitrogen and oxygen atoms in total. The summed E-state index contributed by atoms with van der Waals surface area (Å²) in [7, 11) is 0. The minimum atomic E-state index is -0.525. The smallest absolute Gasteiger partial charge is 0.142 e. The molecule has 3 aromatic carbocycles. The maximum atomic E-state index is 14.7. The monoisotopic (exact) mass is 480 g/mol. The molecule has 180 valence electrons. The van der Waals surface area contributed by atoms with E-state index in [2.05, 4.69) is 31.2 Å². The predicted molar refractivity (Wildman–Crippen MR) is 139 cm³/mol. The Morgan fingerprint density at radius 1 is 0.676 bits per heavy atom.